The maximum atomic E-state index is 6.23. The summed E-state index contributed by atoms with van der Waals surface area (Å²) >= 11 is 11.4. The lowest BCUT2D eigenvalue weighted by Crippen LogP contribution is -2.05. The summed E-state index contributed by atoms with van der Waals surface area (Å²) < 4.78 is 3.21. The van der Waals surface area contributed by atoms with Gasteiger partial charge in [0, 0.05) is 11.1 Å². The van der Waals surface area contributed by atoms with Crippen molar-refractivity contribution in [3.05, 3.63) is 45.0 Å². The number of thiophene rings is 1. The second kappa shape index (κ2) is 5.23. The van der Waals surface area contributed by atoms with Crippen molar-refractivity contribution in [2.75, 3.05) is 0 Å². The van der Waals surface area contributed by atoms with E-state index in [4.69, 9.17) is 11.6 Å². The van der Waals surface area contributed by atoms with E-state index in [0.717, 1.165) is 27.3 Å². The molecule has 3 nitrogen and oxygen atoms in total. The van der Waals surface area contributed by atoms with Crippen LogP contribution in [0.25, 0.3) is 11.2 Å². The first-order valence-corrected chi connectivity index (χ1v) is 7.89. The first-order valence-electron chi connectivity index (χ1n) is 5.84. The summed E-state index contributed by atoms with van der Waals surface area (Å²) in [6.45, 7) is 2.68. The van der Waals surface area contributed by atoms with Crippen LogP contribution in [0.3, 0.4) is 0 Å². The molecule has 0 aliphatic rings. The number of hydrogen-bond acceptors (Lipinski definition) is 3. The molecule has 0 N–H and O–H groups in total. The maximum Gasteiger partial charge on any atom is 0.160 e. The summed E-state index contributed by atoms with van der Waals surface area (Å²) in [7, 11) is 0. The van der Waals surface area contributed by atoms with Crippen LogP contribution in [0.5, 0.6) is 0 Å². The lowest BCUT2D eigenvalue weighted by molar-refractivity contribution is 0.744. The third kappa shape index (κ3) is 2.55. The Morgan fingerprint density at radius 1 is 1.42 bits per heavy atom. The van der Waals surface area contributed by atoms with Crippen LogP contribution in [0.4, 0.5) is 0 Å². The van der Waals surface area contributed by atoms with Gasteiger partial charge in [0.15, 0.2) is 5.65 Å². The summed E-state index contributed by atoms with van der Waals surface area (Å²) in [5.74, 6) is 0.861. The molecular formula is C13H11BrClN3S. The molecule has 0 saturated heterocycles. The van der Waals surface area contributed by atoms with E-state index in [9.17, 15) is 0 Å². The largest absolute Gasteiger partial charge is 0.306 e. The van der Waals surface area contributed by atoms with Gasteiger partial charge in [-0.25, -0.2) is 9.97 Å². The quantitative estimate of drug-likeness (QED) is 0.642. The Morgan fingerprint density at radius 3 is 2.95 bits per heavy atom. The smallest absolute Gasteiger partial charge is 0.160 e. The summed E-state index contributed by atoms with van der Waals surface area (Å²) in [4.78, 5) is 10.2. The van der Waals surface area contributed by atoms with Crippen LogP contribution < -0.4 is 0 Å². The molecule has 3 heterocycles. The van der Waals surface area contributed by atoms with Crippen molar-refractivity contribution in [2.24, 2.45) is 0 Å². The zero-order chi connectivity index (χ0) is 13.4. The molecule has 0 fully saturated rings. The molecule has 19 heavy (non-hydrogen) atoms. The van der Waals surface area contributed by atoms with E-state index in [1.165, 1.54) is 4.88 Å². The lowest BCUT2D eigenvalue weighted by atomic mass is 10.4. The molecule has 1 unspecified atom stereocenters. The monoisotopic (exact) mass is 355 g/mol. The number of aromatic nitrogens is 3. The minimum atomic E-state index is -0.141. The molecular weight excluding hydrogens is 346 g/mol. The molecule has 1 atom stereocenters. The average Bonchev–Trinajstić information content (AvgIpc) is 2.95. The van der Waals surface area contributed by atoms with Crippen LogP contribution in [0.15, 0.2) is 34.2 Å². The van der Waals surface area contributed by atoms with Crippen molar-refractivity contribution in [3.8, 4) is 0 Å². The SMILES string of the molecule is CC(Cl)c1nc2cccnc2n1Cc1ccc(Br)s1. The van der Waals surface area contributed by atoms with E-state index in [1.54, 1.807) is 17.5 Å². The third-order valence-electron chi connectivity index (χ3n) is 2.83. The van der Waals surface area contributed by atoms with E-state index < -0.39 is 0 Å². The Morgan fingerprint density at radius 2 is 2.26 bits per heavy atom. The second-order valence-electron chi connectivity index (χ2n) is 4.22. The molecule has 98 valence electrons. The highest BCUT2D eigenvalue weighted by molar-refractivity contribution is 9.11. The maximum absolute atomic E-state index is 6.23. The summed E-state index contributed by atoms with van der Waals surface area (Å²) in [6, 6.07) is 8.01. The van der Waals surface area contributed by atoms with Gasteiger partial charge in [0.2, 0.25) is 0 Å². The van der Waals surface area contributed by atoms with Crippen LogP contribution in [-0.4, -0.2) is 14.5 Å². The second-order valence-corrected chi connectivity index (χ2v) is 7.43. The molecule has 3 aromatic rings. The average molecular weight is 357 g/mol. The van der Waals surface area contributed by atoms with Gasteiger partial charge in [0.25, 0.3) is 0 Å². The summed E-state index contributed by atoms with van der Waals surface area (Å²) in [6.07, 6.45) is 1.79. The van der Waals surface area contributed by atoms with Crippen molar-refractivity contribution in [2.45, 2.75) is 18.8 Å². The number of rotatable bonds is 3. The van der Waals surface area contributed by atoms with Gasteiger partial charge < -0.3 is 4.57 Å². The Bertz CT molecular complexity index is 720. The van der Waals surface area contributed by atoms with E-state index in [-0.39, 0.29) is 5.38 Å². The number of halogens is 2. The van der Waals surface area contributed by atoms with E-state index in [2.05, 4.69) is 42.6 Å². The van der Waals surface area contributed by atoms with Crippen molar-refractivity contribution < 1.29 is 0 Å². The number of pyridine rings is 1. The molecule has 0 aliphatic heterocycles. The Hall–Kier alpha value is -0.910. The van der Waals surface area contributed by atoms with E-state index >= 15 is 0 Å². The van der Waals surface area contributed by atoms with Gasteiger partial charge in [-0.1, -0.05) is 0 Å². The fourth-order valence-corrected chi connectivity index (χ4v) is 3.67. The van der Waals surface area contributed by atoms with Gasteiger partial charge in [-0.15, -0.1) is 22.9 Å². The van der Waals surface area contributed by atoms with Crippen molar-refractivity contribution in [1.82, 2.24) is 14.5 Å². The fourth-order valence-electron chi connectivity index (χ4n) is 2.03. The molecule has 6 heteroatoms. The van der Waals surface area contributed by atoms with Crippen LogP contribution in [0.1, 0.15) is 23.0 Å². The van der Waals surface area contributed by atoms with Gasteiger partial charge >= 0.3 is 0 Å². The number of alkyl halides is 1. The standard InChI is InChI=1S/C13H11BrClN3S/c1-8(15)12-17-10-3-2-6-16-13(10)18(12)7-9-4-5-11(14)19-9/h2-6,8H,7H2,1H3. The zero-order valence-electron chi connectivity index (χ0n) is 10.2. The van der Waals surface area contributed by atoms with Crippen LogP contribution in [0.2, 0.25) is 0 Å². The fraction of sp³-hybridized carbons (Fsp3) is 0.231. The van der Waals surface area contributed by atoms with E-state index in [1.807, 2.05) is 19.1 Å². The zero-order valence-corrected chi connectivity index (χ0v) is 13.3. The topological polar surface area (TPSA) is 30.7 Å². The molecule has 0 amide bonds. The van der Waals surface area contributed by atoms with Crippen molar-refractivity contribution >= 4 is 50.0 Å². The summed E-state index contributed by atoms with van der Waals surface area (Å²) in [5, 5.41) is -0.141. The third-order valence-corrected chi connectivity index (χ3v) is 4.64. The molecule has 3 rings (SSSR count). The molecule has 0 radical (unpaired) electrons. The molecule has 0 aliphatic carbocycles. The van der Waals surface area contributed by atoms with Crippen LogP contribution in [0, 0.1) is 0 Å². The number of hydrogen-bond donors (Lipinski definition) is 0. The molecule has 0 saturated carbocycles. The van der Waals surface area contributed by atoms with Gasteiger partial charge in [-0.3, -0.25) is 0 Å². The van der Waals surface area contributed by atoms with Crippen molar-refractivity contribution in [3.63, 3.8) is 0 Å². The number of fused-ring (bicyclic) bond motifs is 1. The highest BCUT2D eigenvalue weighted by atomic mass is 79.9. The molecule has 0 aromatic carbocycles. The van der Waals surface area contributed by atoms with Crippen LogP contribution >= 0.6 is 38.9 Å². The normalized spacial score (nSPS) is 13.0. The van der Waals surface area contributed by atoms with Gasteiger partial charge in [-0.05, 0) is 47.1 Å². The Labute approximate surface area is 128 Å². The summed E-state index contributed by atoms with van der Waals surface area (Å²) in [5.41, 5.74) is 1.77. The van der Waals surface area contributed by atoms with Gasteiger partial charge in [-0.2, -0.15) is 0 Å². The van der Waals surface area contributed by atoms with Gasteiger partial charge in [0.05, 0.1) is 15.7 Å². The number of nitrogens with zero attached hydrogens (tertiary/aromatic N) is 3. The first-order chi connectivity index (χ1) is 9.15. The Balaban J connectivity index is 2.12. The minimum Gasteiger partial charge on any atom is -0.306 e. The Kier molecular flexibility index (Phi) is 3.60. The van der Waals surface area contributed by atoms with E-state index in [0.29, 0.717) is 0 Å². The molecule has 0 spiro atoms. The predicted octanol–water partition coefficient (Wildman–Crippen LogP) is 4.60. The van der Waals surface area contributed by atoms with Crippen molar-refractivity contribution in [1.29, 1.82) is 0 Å². The van der Waals surface area contributed by atoms with Gasteiger partial charge in [0.1, 0.15) is 11.3 Å². The predicted molar refractivity (Wildman–Crippen MR) is 82.9 cm³/mol. The molecule has 3 aromatic heterocycles. The highest BCUT2D eigenvalue weighted by Crippen LogP contribution is 2.27. The highest BCUT2D eigenvalue weighted by Gasteiger charge is 2.16. The first kappa shape index (κ1) is 13.1. The molecule has 0 bridgehead atoms. The lowest BCUT2D eigenvalue weighted by Gasteiger charge is -2.08. The number of imidazole rings is 1. The van der Waals surface area contributed by atoms with Crippen LogP contribution in [-0.2, 0) is 6.54 Å². The minimum absolute atomic E-state index is 0.141.